The van der Waals surface area contributed by atoms with Crippen LogP contribution in [0.3, 0.4) is 0 Å². The Morgan fingerprint density at radius 2 is 2.00 bits per heavy atom. The zero-order chi connectivity index (χ0) is 12.7. The highest BCUT2D eigenvalue weighted by Gasteiger charge is 2.09. The Balaban J connectivity index is 2.22. The summed E-state index contributed by atoms with van der Waals surface area (Å²) in [5.41, 5.74) is 8.59. The summed E-state index contributed by atoms with van der Waals surface area (Å²) in [6.45, 7) is 1.91. The maximum atomic E-state index is 13.3. The van der Waals surface area contributed by atoms with Crippen LogP contribution < -0.4 is 5.73 Å². The predicted octanol–water partition coefficient (Wildman–Crippen LogP) is 2.65. The zero-order valence-corrected chi connectivity index (χ0v) is 9.74. The lowest BCUT2D eigenvalue weighted by molar-refractivity contribution is 0.628. The molecule has 0 saturated carbocycles. The standard InChI is InChI=1S/C13H11FN4/c1-7-2-3-8(14)6-9(7)12-16-10-4-5-11(15)17-13(10)18-12/h2-6H,1H3,(H3,15,16,17,18). The number of aromatic amines is 1. The van der Waals surface area contributed by atoms with Gasteiger partial charge in [-0.3, -0.25) is 0 Å². The van der Waals surface area contributed by atoms with Gasteiger partial charge in [0.05, 0.1) is 5.52 Å². The van der Waals surface area contributed by atoms with Crippen molar-refractivity contribution in [3.8, 4) is 11.4 Å². The Hall–Kier alpha value is -2.43. The van der Waals surface area contributed by atoms with Crippen LogP contribution in [0.25, 0.3) is 22.6 Å². The first-order valence-corrected chi connectivity index (χ1v) is 5.52. The molecule has 5 heteroatoms. The van der Waals surface area contributed by atoms with Gasteiger partial charge in [-0.1, -0.05) is 6.07 Å². The fourth-order valence-electron chi connectivity index (χ4n) is 1.88. The number of nitrogens with one attached hydrogen (secondary N) is 1. The molecule has 2 heterocycles. The first-order chi connectivity index (χ1) is 8.63. The van der Waals surface area contributed by atoms with Crippen LogP contribution >= 0.6 is 0 Å². The number of rotatable bonds is 1. The number of fused-ring (bicyclic) bond motifs is 1. The molecule has 90 valence electrons. The number of benzene rings is 1. The number of imidazole rings is 1. The molecule has 0 fully saturated rings. The van der Waals surface area contributed by atoms with Gasteiger partial charge in [0.25, 0.3) is 0 Å². The second-order valence-corrected chi connectivity index (χ2v) is 4.15. The smallest absolute Gasteiger partial charge is 0.180 e. The van der Waals surface area contributed by atoms with Crippen molar-refractivity contribution >= 4 is 17.0 Å². The monoisotopic (exact) mass is 242 g/mol. The summed E-state index contributed by atoms with van der Waals surface area (Å²) in [6, 6.07) is 8.11. The van der Waals surface area contributed by atoms with Gasteiger partial charge < -0.3 is 10.7 Å². The number of H-pyrrole nitrogens is 1. The number of hydrogen-bond donors (Lipinski definition) is 2. The van der Waals surface area contributed by atoms with Gasteiger partial charge in [0.1, 0.15) is 17.5 Å². The minimum Gasteiger partial charge on any atom is -0.384 e. The minimum absolute atomic E-state index is 0.288. The zero-order valence-electron chi connectivity index (χ0n) is 9.74. The van der Waals surface area contributed by atoms with E-state index in [1.165, 1.54) is 12.1 Å². The fraction of sp³-hybridized carbons (Fsp3) is 0.0769. The second kappa shape index (κ2) is 3.80. The van der Waals surface area contributed by atoms with Crippen molar-refractivity contribution in [1.29, 1.82) is 0 Å². The first kappa shape index (κ1) is 10.7. The molecule has 0 aliphatic carbocycles. The van der Waals surface area contributed by atoms with E-state index in [2.05, 4.69) is 15.0 Å². The van der Waals surface area contributed by atoms with E-state index in [1.54, 1.807) is 12.1 Å². The molecule has 1 aromatic carbocycles. The molecule has 0 atom stereocenters. The maximum Gasteiger partial charge on any atom is 0.180 e. The van der Waals surface area contributed by atoms with Gasteiger partial charge in [0.2, 0.25) is 0 Å². The summed E-state index contributed by atoms with van der Waals surface area (Å²) in [6.07, 6.45) is 0. The molecule has 2 aromatic heterocycles. The molecule has 0 amide bonds. The molecule has 3 rings (SSSR count). The van der Waals surface area contributed by atoms with E-state index in [4.69, 9.17) is 5.73 Å². The maximum absolute atomic E-state index is 13.3. The number of aromatic nitrogens is 3. The molecular formula is C13H11FN4. The predicted molar refractivity (Wildman–Crippen MR) is 68.4 cm³/mol. The number of pyridine rings is 1. The van der Waals surface area contributed by atoms with Gasteiger partial charge >= 0.3 is 0 Å². The van der Waals surface area contributed by atoms with Crippen LogP contribution in [0.1, 0.15) is 5.56 Å². The molecule has 0 bridgehead atoms. The van der Waals surface area contributed by atoms with Crippen LogP contribution in [0.4, 0.5) is 10.2 Å². The van der Waals surface area contributed by atoms with E-state index in [0.717, 1.165) is 16.6 Å². The van der Waals surface area contributed by atoms with Crippen molar-refractivity contribution in [3.05, 3.63) is 41.7 Å². The fourth-order valence-corrected chi connectivity index (χ4v) is 1.88. The summed E-state index contributed by atoms with van der Waals surface area (Å²) in [5.74, 6) is 0.722. The summed E-state index contributed by atoms with van der Waals surface area (Å²) < 4.78 is 13.3. The Morgan fingerprint density at radius 1 is 1.17 bits per heavy atom. The van der Waals surface area contributed by atoms with E-state index in [9.17, 15) is 4.39 Å². The Morgan fingerprint density at radius 3 is 2.83 bits per heavy atom. The van der Waals surface area contributed by atoms with E-state index >= 15 is 0 Å². The third-order valence-corrected chi connectivity index (χ3v) is 2.82. The molecule has 0 aliphatic rings. The van der Waals surface area contributed by atoms with Gasteiger partial charge in [0.15, 0.2) is 5.65 Å². The molecule has 0 radical (unpaired) electrons. The van der Waals surface area contributed by atoms with Crippen LogP contribution in [0.5, 0.6) is 0 Å². The van der Waals surface area contributed by atoms with Crippen molar-refractivity contribution in [3.63, 3.8) is 0 Å². The summed E-state index contributed by atoms with van der Waals surface area (Å²) in [5, 5.41) is 0. The summed E-state index contributed by atoms with van der Waals surface area (Å²) in [4.78, 5) is 11.6. The van der Waals surface area contributed by atoms with Crippen LogP contribution in [-0.4, -0.2) is 15.0 Å². The van der Waals surface area contributed by atoms with Gasteiger partial charge in [-0.15, -0.1) is 0 Å². The van der Waals surface area contributed by atoms with E-state index in [0.29, 0.717) is 17.3 Å². The molecule has 3 aromatic rings. The summed E-state index contributed by atoms with van der Waals surface area (Å²) in [7, 11) is 0. The molecule has 0 spiro atoms. The highest BCUT2D eigenvalue weighted by atomic mass is 19.1. The van der Waals surface area contributed by atoms with Crippen LogP contribution in [0.15, 0.2) is 30.3 Å². The topological polar surface area (TPSA) is 67.6 Å². The molecule has 0 aliphatic heterocycles. The van der Waals surface area contributed by atoms with E-state index in [-0.39, 0.29) is 5.82 Å². The molecule has 0 saturated heterocycles. The quantitative estimate of drug-likeness (QED) is 0.689. The van der Waals surface area contributed by atoms with Crippen molar-refractivity contribution in [2.75, 3.05) is 5.73 Å². The van der Waals surface area contributed by atoms with E-state index in [1.807, 2.05) is 13.0 Å². The van der Waals surface area contributed by atoms with E-state index < -0.39 is 0 Å². The van der Waals surface area contributed by atoms with Crippen LogP contribution in [0.2, 0.25) is 0 Å². The lowest BCUT2D eigenvalue weighted by Crippen LogP contribution is -1.88. The number of nitrogens with two attached hydrogens (primary N) is 1. The van der Waals surface area contributed by atoms with Crippen molar-refractivity contribution < 1.29 is 4.39 Å². The van der Waals surface area contributed by atoms with Gasteiger partial charge in [-0.2, -0.15) is 0 Å². The largest absolute Gasteiger partial charge is 0.384 e. The minimum atomic E-state index is -0.288. The molecular weight excluding hydrogens is 231 g/mol. The van der Waals surface area contributed by atoms with Gasteiger partial charge in [-0.05, 0) is 36.8 Å². The Labute approximate surface area is 103 Å². The van der Waals surface area contributed by atoms with Crippen molar-refractivity contribution in [1.82, 2.24) is 15.0 Å². The lowest BCUT2D eigenvalue weighted by atomic mass is 10.1. The molecule has 18 heavy (non-hydrogen) atoms. The first-order valence-electron chi connectivity index (χ1n) is 5.52. The van der Waals surface area contributed by atoms with Crippen molar-refractivity contribution in [2.45, 2.75) is 6.92 Å². The number of nitrogen functional groups attached to an aromatic ring is 1. The van der Waals surface area contributed by atoms with Crippen molar-refractivity contribution in [2.24, 2.45) is 0 Å². The average Bonchev–Trinajstić information content (AvgIpc) is 2.74. The van der Waals surface area contributed by atoms with Gasteiger partial charge in [0, 0.05) is 5.56 Å². The normalized spacial score (nSPS) is 11.0. The Bertz CT molecular complexity index is 733. The number of anilines is 1. The Kier molecular flexibility index (Phi) is 2.26. The molecule has 0 unspecified atom stereocenters. The number of aryl methyl sites for hydroxylation is 1. The van der Waals surface area contributed by atoms with Crippen LogP contribution in [0, 0.1) is 12.7 Å². The van der Waals surface area contributed by atoms with Gasteiger partial charge in [-0.25, -0.2) is 14.4 Å². The lowest BCUT2D eigenvalue weighted by Gasteiger charge is -2.01. The highest BCUT2D eigenvalue weighted by Crippen LogP contribution is 2.24. The third kappa shape index (κ3) is 1.69. The SMILES string of the molecule is Cc1ccc(F)cc1-c1nc2nc(N)ccc2[nH]1. The number of hydrogen-bond acceptors (Lipinski definition) is 3. The third-order valence-electron chi connectivity index (χ3n) is 2.82. The average molecular weight is 242 g/mol. The summed E-state index contributed by atoms with van der Waals surface area (Å²) >= 11 is 0. The molecule has 4 nitrogen and oxygen atoms in total. The molecule has 3 N–H and O–H groups in total. The number of halogens is 1. The second-order valence-electron chi connectivity index (χ2n) is 4.15. The van der Waals surface area contributed by atoms with Crippen LogP contribution in [-0.2, 0) is 0 Å². The number of nitrogens with zero attached hydrogens (tertiary/aromatic N) is 2. The highest BCUT2D eigenvalue weighted by molar-refractivity contribution is 5.77.